The van der Waals surface area contributed by atoms with Gasteiger partial charge in [-0.15, -0.1) is 0 Å². The van der Waals surface area contributed by atoms with E-state index in [4.69, 9.17) is 0 Å². The molecule has 3 heteroatoms. The molecule has 1 nitrogen and oxygen atoms in total. The molecule has 98 valence electrons. The van der Waals surface area contributed by atoms with Gasteiger partial charge in [0.1, 0.15) is 11.6 Å². The Balaban J connectivity index is 2.14. The predicted octanol–water partition coefficient (Wildman–Crippen LogP) is 3.84. The molecule has 0 heterocycles. The molecule has 0 aromatic heterocycles. The number of nitrogens with one attached hydrogen (secondary N) is 1. The Kier molecular flexibility index (Phi) is 3.07. The maximum absolute atomic E-state index is 13.4. The van der Waals surface area contributed by atoms with Crippen LogP contribution in [0.1, 0.15) is 23.6 Å². The molecule has 19 heavy (non-hydrogen) atoms. The molecule has 0 saturated carbocycles. The molecule has 0 saturated heterocycles. The summed E-state index contributed by atoms with van der Waals surface area (Å²) in [6.45, 7) is 0. The molecule has 1 aliphatic rings. The quantitative estimate of drug-likeness (QED) is 0.864. The van der Waals surface area contributed by atoms with Crippen molar-refractivity contribution in [3.63, 3.8) is 0 Å². The number of fused-ring (bicyclic) bond motifs is 1. The van der Waals surface area contributed by atoms with Gasteiger partial charge in [0.05, 0.1) is 0 Å². The Morgan fingerprint density at radius 3 is 2.53 bits per heavy atom. The average Bonchev–Trinajstić information content (AvgIpc) is 2.80. The van der Waals surface area contributed by atoms with Crippen LogP contribution in [0.4, 0.5) is 8.78 Å². The van der Waals surface area contributed by atoms with Crippen LogP contribution in [0.25, 0.3) is 11.1 Å². The molecule has 3 rings (SSSR count). The van der Waals surface area contributed by atoms with Crippen LogP contribution in [0.3, 0.4) is 0 Å². The van der Waals surface area contributed by atoms with Crippen LogP contribution in [0, 0.1) is 11.6 Å². The molecule has 0 radical (unpaired) electrons. The molecule has 0 aliphatic heterocycles. The lowest BCUT2D eigenvalue weighted by molar-refractivity contribution is 0.584. The highest BCUT2D eigenvalue weighted by atomic mass is 19.1. The van der Waals surface area contributed by atoms with Gasteiger partial charge in [-0.25, -0.2) is 8.78 Å². The molecule has 0 amide bonds. The molecule has 0 bridgehead atoms. The van der Waals surface area contributed by atoms with Gasteiger partial charge in [-0.1, -0.05) is 18.2 Å². The summed E-state index contributed by atoms with van der Waals surface area (Å²) < 4.78 is 26.7. The van der Waals surface area contributed by atoms with Gasteiger partial charge in [0, 0.05) is 12.1 Å². The minimum Gasteiger partial charge on any atom is -0.313 e. The average molecular weight is 259 g/mol. The van der Waals surface area contributed by atoms with Crippen molar-refractivity contribution in [1.29, 1.82) is 0 Å². The van der Waals surface area contributed by atoms with E-state index in [0.717, 1.165) is 24.5 Å². The lowest BCUT2D eigenvalue weighted by Gasteiger charge is -2.12. The molecule has 0 fully saturated rings. The molecule has 0 spiro atoms. The molecular formula is C16H15F2N. The van der Waals surface area contributed by atoms with Gasteiger partial charge in [-0.3, -0.25) is 0 Å². The molecule has 1 N–H and O–H groups in total. The molecule has 1 atom stereocenters. The van der Waals surface area contributed by atoms with Crippen LogP contribution in [-0.4, -0.2) is 7.05 Å². The fourth-order valence-electron chi connectivity index (χ4n) is 2.93. The fraction of sp³-hybridized carbons (Fsp3) is 0.250. The van der Waals surface area contributed by atoms with E-state index in [0.29, 0.717) is 11.6 Å². The minimum absolute atomic E-state index is 0.341. The van der Waals surface area contributed by atoms with Crippen molar-refractivity contribution in [3.05, 3.63) is 59.2 Å². The van der Waals surface area contributed by atoms with Crippen LogP contribution < -0.4 is 5.32 Å². The lowest BCUT2D eigenvalue weighted by Crippen LogP contribution is -2.12. The van der Waals surface area contributed by atoms with Gasteiger partial charge in [-0.2, -0.15) is 0 Å². The van der Waals surface area contributed by atoms with Crippen molar-refractivity contribution < 1.29 is 8.78 Å². The first-order valence-electron chi connectivity index (χ1n) is 6.44. The van der Waals surface area contributed by atoms with E-state index in [-0.39, 0.29) is 0 Å². The lowest BCUT2D eigenvalue weighted by atomic mass is 9.96. The van der Waals surface area contributed by atoms with Gasteiger partial charge in [-0.05, 0) is 54.3 Å². The van der Waals surface area contributed by atoms with Crippen molar-refractivity contribution in [2.75, 3.05) is 7.05 Å². The van der Waals surface area contributed by atoms with E-state index < -0.39 is 11.6 Å². The van der Waals surface area contributed by atoms with Crippen LogP contribution in [-0.2, 0) is 6.42 Å². The third-order valence-corrected chi connectivity index (χ3v) is 3.79. The van der Waals surface area contributed by atoms with E-state index >= 15 is 0 Å². The molecule has 1 unspecified atom stereocenters. The first-order chi connectivity index (χ1) is 9.19. The number of hydrogen-bond acceptors (Lipinski definition) is 1. The summed E-state index contributed by atoms with van der Waals surface area (Å²) in [5.74, 6) is -1.06. The monoisotopic (exact) mass is 259 g/mol. The van der Waals surface area contributed by atoms with Gasteiger partial charge in [0.2, 0.25) is 0 Å². The summed E-state index contributed by atoms with van der Waals surface area (Å²) in [7, 11) is 1.94. The van der Waals surface area contributed by atoms with E-state index in [1.165, 1.54) is 23.3 Å². The van der Waals surface area contributed by atoms with Crippen LogP contribution >= 0.6 is 0 Å². The highest BCUT2D eigenvalue weighted by molar-refractivity contribution is 5.70. The molecular weight excluding hydrogens is 244 g/mol. The topological polar surface area (TPSA) is 12.0 Å². The summed E-state index contributed by atoms with van der Waals surface area (Å²) in [6, 6.07) is 10.0. The summed E-state index contributed by atoms with van der Waals surface area (Å²) in [6.07, 6.45) is 1.97. The second-order valence-electron chi connectivity index (χ2n) is 4.91. The molecule has 1 aliphatic carbocycles. The van der Waals surface area contributed by atoms with Crippen LogP contribution in [0.5, 0.6) is 0 Å². The third kappa shape index (κ3) is 2.15. The third-order valence-electron chi connectivity index (χ3n) is 3.79. The summed E-state index contributed by atoms with van der Waals surface area (Å²) in [4.78, 5) is 0. The van der Waals surface area contributed by atoms with Gasteiger partial charge in [0.25, 0.3) is 0 Å². The van der Waals surface area contributed by atoms with Crippen molar-refractivity contribution in [3.8, 4) is 11.1 Å². The second kappa shape index (κ2) is 4.74. The summed E-state index contributed by atoms with van der Waals surface area (Å²) >= 11 is 0. The fourth-order valence-corrected chi connectivity index (χ4v) is 2.93. The summed E-state index contributed by atoms with van der Waals surface area (Å²) in [5.41, 5.74) is 4.00. The van der Waals surface area contributed by atoms with Gasteiger partial charge < -0.3 is 5.32 Å². The number of halogens is 2. The number of rotatable bonds is 2. The van der Waals surface area contributed by atoms with Crippen LogP contribution in [0.15, 0.2) is 36.4 Å². The standard InChI is InChI=1S/C16H15F2N/c1-19-16-6-5-14-13(3-2-4-15(14)16)10-7-11(17)9-12(18)8-10/h2-4,7-9,16,19H,5-6H2,1H3. The maximum Gasteiger partial charge on any atom is 0.126 e. The van der Waals surface area contributed by atoms with Crippen molar-refractivity contribution in [2.24, 2.45) is 0 Å². The highest BCUT2D eigenvalue weighted by Crippen LogP contribution is 2.37. The first kappa shape index (κ1) is 12.3. The number of benzene rings is 2. The van der Waals surface area contributed by atoms with E-state index in [1.54, 1.807) is 0 Å². The molecule has 2 aromatic carbocycles. The Morgan fingerprint density at radius 1 is 1.11 bits per heavy atom. The first-order valence-corrected chi connectivity index (χ1v) is 6.44. The largest absolute Gasteiger partial charge is 0.313 e. The Bertz CT molecular complexity index is 602. The van der Waals surface area contributed by atoms with Crippen molar-refractivity contribution in [2.45, 2.75) is 18.9 Å². The Labute approximate surface area is 111 Å². The van der Waals surface area contributed by atoms with Gasteiger partial charge >= 0.3 is 0 Å². The minimum atomic E-state index is -0.532. The maximum atomic E-state index is 13.4. The Hall–Kier alpha value is -1.74. The van der Waals surface area contributed by atoms with Crippen molar-refractivity contribution in [1.82, 2.24) is 5.32 Å². The second-order valence-corrected chi connectivity index (χ2v) is 4.91. The van der Waals surface area contributed by atoms with E-state index in [2.05, 4.69) is 11.4 Å². The van der Waals surface area contributed by atoms with Gasteiger partial charge in [0.15, 0.2) is 0 Å². The van der Waals surface area contributed by atoms with E-state index in [1.807, 2.05) is 19.2 Å². The Morgan fingerprint density at radius 2 is 1.84 bits per heavy atom. The zero-order valence-electron chi connectivity index (χ0n) is 10.7. The SMILES string of the molecule is CNC1CCc2c(-c3cc(F)cc(F)c3)cccc21. The van der Waals surface area contributed by atoms with E-state index in [9.17, 15) is 8.78 Å². The van der Waals surface area contributed by atoms with Crippen molar-refractivity contribution >= 4 is 0 Å². The normalized spacial score (nSPS) is 17.5. The zero-order chi connectivity index (χ0) is 13.4. The zero-order valence-corrected chi connectivity index (χ0v) is 10.7. The highest BCUT2D eigenvalue weighted by Gasteiger charge is 2.23. The molecule has 2 aromatic rings. The smallest absolute Gasteiger partial charge is 0.126 e. The number of hydrogen-bond donors (Lipinski definition) is 1. The van der Waals surface area contributed by atoms with Crippen LogP contribution in [0.2, 0.25) is 0 Å². The predicted molar refractivity (Wildman–Crippen MR) is 71.9 cm³/mol. The summed E-state index contributed by atoms with van der Waals surface area (Å²) in [5, 5.41) is 3.27.